The van der Waals surface area contributed by atoms with Crippen molar-refractivity contribution in [2.75, 3.05) is 5.32 Å². The zero-order valence-electron chi connectivity index (χ0n) is 18.3. The lowest BCUT2D eigenvalue weighted by Crippen LogP contribution is -2.07. The van der Waals surface area contributed by atoms with E-state index in [9.17, 15) is 8.42 Å². The van der Waals surface area contributed by atoms with E-state index in [-0.39, 0.29) is 15.6 Å². The van der Waals surface area contributed by atoms with Crippen molar-refractivity contribution < 1.29 is 8.42 Å². The van der Waals surface area contributed by atoms with Crippen molar-refractivity contribution in [3.05, 3.63) is 90.0 Å². The summed E-state index contributed by atoms with van der Waals surface area (Å²) in [4.78, 5) is 4.82. The van der Waals surface area contributed by atoms with Gasteiger partial charge in [-0.1, -0.05) is 73.7 Å². The second kappa shape index (κ2) is 8.29. The van der Waals surface area contributed by atoms with E-state index < -0.39 is 9.84 Å². The van der Waals surface area contributed by atoms with Gasteiger partial charge in [-0.2, -0.15) is 4.52 Å². The maximum Gasteiger partial charge on any atom is 0.229 e. The Labute approximate surface area is 192 Å². The highest BCUT2D eigenvalue weighted by atomic mass is 32.2. The summed E-state index contributed by atoms with van der Waals surface area (Å²) in [6, 6.07) is 24.2. The van der Waals surface area contributed by atoms with Gasteiger partial charge in [0.2, 0.25) is 14.9 Å². The third-order valence-electron chi connectivity index (χ3n) is 5.64. The van der Waals surface area contributed by atoms with Crippen molar-refractivity contribution in [1.82, 2.24) is 19.8 Å². The fraction of sp³-hybridized carbons (Fsp3) is 0.160. The first kappa shape index (κ1) is 21.1. The molecule has 0 aliphatic carbocycles. The van der Waals surface area contributed by atoms with E-state index in [1.807, 2.05) is 24.3 Å². The largest absolute Gasteiger partial charge is 0.365 e. The maximum absolute atomic E-state index is 13.2. The molecule has 0 radical (unpaired) electrons. The van der Waals surface area contributed by atoms with Crippen LogP contribution < -0.4 is 5.32 Å². The summed E-state index contributed by atoms with van der Waals surface area (Å²) in [5, 5.41) is 12.2. The first-order chi connectivity index (χ1) is 15.9. The molecule has 0 atom stereocenters. The SMILES string of the molecule is CC(C)c1ccc(CNc2nc3c(S(=O)(=O)c4ccccc4)nnn3c3ccccc23)cc1. The minimum atomic E-state index is -3.87. The number of sulfone groups is 1. The molecule has 0 amide bonds. The van der Waals surface area contributed by atoms with Crippen LogP contribution in [0.15, 0.2) is 88.8 Å². The number of aromatic nitrogens is 4. The number of hydrogen-bond acceptors (Lipinski definition) is 6. The lowest BCUT2D eigenvalue weighted by atomic mass is 10.0. The highest BCUT2D eigenvalue weighted by Gasteiger charge is 2.26. The first-order valence-electron chi connectivity index (χ1n) is 10.7. The van der Waals surface area contributed by atoms with Gasteiger partial charge >= 0.3 is 0 Å². The minimum absolute atomic E-state index is 0.155. The highest BCUT2D eigenvalue weighted by Crippen LogP contribution is 2.28. The summed E-state index contributed by atoms with van der Waals surface area (Å²) >= 11 is 0. The molecule has 5 rings (SSSR count). The van der Waals surface area contributed by atoms with Gasteiger partial charge in [0.05, 0.1) is 10.4 Å². The average Bonchev–Trinajstić information content (AvgIpc) is 3.28. The van der Waals surface area contributed by atoms with Crippen LogP contribution >= 0.6 is 0 Å². The summed E-state index contributed by atoms with van der Waals surface area (Å²) < 4.78 is 28.0. The molecule has 0 fully saturated rings. The van der Waals surface area contributed by atoms with Crippen LogP contribution in [-0.2, 0) is 16.4 Å². The van der Waals surface area contributed by atoms with Gasteiger partial charge in [-0.15, -0.1) is 5.10 Å². The van der Waals surface area contributed by atoms with Gasteiger partial charge in [-0.25, -0.2) is 13.4 Å². The van der Waals surface area contributed by atoms with Gasteiger partial charge in [-0.05, 0) is 41.3 Å². The van der Waals surface area contributed by atoms with Crippen LogP contribution in [0.3, 0.4) is 0 Å². The normalized spacial score (nSPS) is 12.0. The number of para-hydroxylation sites is 1. The van der Waals surface area contributed by atoms with Crippen molar-refractivity contribution >= 4 is 32.2 Å². The van der Waals surface area contributed by atoms with E-state index in [0.717, 1.165) is 16.5 Å². The Balaban J connectivity index is 1.59. The van der Waals surface area contributed by atoms with Crippen LogP contribution in [0.2, 0.25) is 0 Å². The quantitative estimate of drug-likeness (QED) is 0.392. The van der Waals surface area contributed by atoms with Gasteiger partial charge in [0.15, 0.2) is 5.65 Å². The van der Waals surface area contributed by atoms with E-state index in [2.05, 4.69) is 58.7 Å². The zero-order valence-corrected chi connectivity index (χ0v) is 19.1. The molecule has 0 bridgehead atoms. The van der Waals surface area contributed by atoms with Crippen LogP contribution in [0.1, 0.15) is 30.9 Å². The van der Waals surface area contributed by atoms with Crippen LogP contribution in [0.5, 0.6) is 0 Å². The number of rotatable bonds is 6. The molecule has 0 saturated heterocycles. The number of hydrogen-bond donors (Lipinski definition) is 1. The second-order valence-electron chi connectivity index (χ2n) is 8.17. The molecule has 33 heavy (non-hydrogen) atoms. The molecule has 2 heterocycles. The third-order valence-corrected chi connectivity index (χ3v) is 7.30. The predicted octanol–water partition coefficient (Wildman–Crippen LogP) is 4.85. The van der Waals surface area contributed by atoms with Gasteiger partial charge in [0, 0.05) is 11.9 Å². The summed E-state index contributed by atoms with van der Waals surface area (Å²) in [5.41, 5.74) is 3.30. The van der Waals surface area contributed by atoms with E-state index in [4.69, 9.17) is 0 Å². The van der Waals surface area contributed by atoms with E-state index >= 15 is 0 Å². The van der Waals surface area contributed by atoms with Gasteiger partial charge in [0.25, 0.3) is 0 Å². The lowest BCUT2D eigenvalue weighted by Gasteiger charge is -2.11. The molecule has 5 aromatic rings. The average molecular weight is 458 g/mol. The van der Waals surface area contributed by atoms with Gasteiger partial charge < -0.3 is 5.32 Å². The number of benzene rings is 3. The summed E-state index contributed by atoms with van der Waals surface area (Å²) in [7, 11) is -3.87. The smallest absolute Gasteiger partial charge is 0.229 e. The molecule has 7 nitrogen and oxygen atoms in total. The van der Waals surface area contributed by atoms with Crippen LogP contribution in [0.25, 0.3) is 16.6 Å². The lowest BCUT2D eigenvalue weighted by molar-refractivity contribution is 0.592. The zero-order chi connectivity index (χ0) is 23.0. The molecular weight excluding hydrogens is 434 g/mol. The Morgan fingerprint density at radius 1 is 0.909 bits per heavy atom. The molecule has 0 saturated carbocycles. The summed E-state index contributed by atoms with van der Waals surface area (Å²) in [6.45, 7) is 4.88. The van der Waals surface area contributed by atoms with Gasteiger partial charge in [-0.3, -0.25) is 0 Å². The number of nitrogens with one attached hydrogen (secondary N) is 1. The van der Waals surface area contributed by atoms with Gasteiger partial charge in [0.1, 0.15) is 5.82 Å². The monoisotopic (exact) mass is 457 g/mol. The fourth-order valence-corrected chi connectivity index (χ4v) is 5.03. The Kier molecular flexibility index (Phi) is 5.30. The molecule has 1 N–H and O–H groups in total. The number of anilines is 1. The topological polar surface area (TPSA) is 89.2 Å². The van der Waals surface area contributed by atoms with Crippen molar-refractivity contribution in [1.29, 1.82) is 0 Å². The van der Waals surface area contributed by atoms with Crippen LogP contribution in [0, 0.1) is 0 Å². The van der Waals surface area contributed by atoms with Crippen LogP contribution in [0.4, 0.5) is 5.82 Å². The molecule has 3 aromatic carbocycles. The highest BCUT2D eigenvalue weighted by molar-refractivity contribution is 7.91. The van der Waals surface area contributed by atoms with E-state index in [1.165, 1.54) is 10.1 Å². The molecule has 0 unspecified atom stereocenters. The van der Waals surface area contributed by atoms with Crippen LogP contribution in [-0.4, -0.2) is 28.2 Å². The molecule has 0 aliphatic heterocycles. The second-order valence-corrected chi connectivity index (χ2v) is 10.0. The Hall–Kier alpha value is -3.78. The fourth-order valence-electron chi connectivity index (χ4n) is 3.77. The minimum Gasteiger partial charge on any atom is -0.365 e. The Morgan fingerprint density at radius 2 is 1.61 bits per heavy atom. The molecule has 0 aliphatic rings. The molecular formula is C25H23N5O2S. The van der Waals surface area contributed by atoms with Crippen molar-refractivity contribution in [2.45, 2.75) is 36.2 Å². The molecule has 2 aromatic heterocycles. The van der Waals surface area contributed by atoms with Crippen molar-refractivity contribution in [2.24, 2.45) is 0 Å². The number of fused-ring (bicyclic) bond motifs is 3. The van der Waals surface area contributed by atoms with Crippen molar-refractivity contribution in [3.63, 3.8) is 0 Å². The molecule has 0 spiro atoms. The Morgan fingerprint density at radius 3 is 2.33 bits per heavy atom. The first-order valence-corrected chi connectivity index (χ1v) is 12.2. The molecule has 8 heteroatoms. The standard InChI is InChI=1S/C25H23N5O2S/c1-17(2)19-14-12-18(13-15-19)16-26-23-21-10-6-7-11-22(21)30-24(27-23)25(28-29-30)33(31,32)20-8-4-3-5-9-20/h3-15,17H,16H2,1-2H3,(H,26,27). The Bertz CT molecular complexity index is 1540. The van der Waals surface area contributed by atoms with Crippen molar-refractivity contribution in [3.8, 4) is 0 Å². The third kappa shape index (κ3) is 3.82. The summed E-state index contributed by atoms with van der Waals surface area (Å²) in [6.07, 6.45) is 0. The van der Waals surface area contributed by atoms with E-state index in [1.54, 1.807) is 30.3 Å². The maximum atomic E-state index is 13.2. The predicted molar refractivity (Wildman–Crippen MR) is 128 cm³/mol. The number of nitrogens with zero attached hydrogens (tertiary/aromatic N) is 4. The summed E-state index contributed by atoms with van der Waals surface area (Å²) in [5.74, 6) is 1.05. The van der Waals surface area contributed by atoms with E-state index in [0.29, 0.717) is 18.3 Å². The molecule has 166 valence electrons.